The molecule has 0 unspecified atom stereocenters. The quantitative estimate of drug-likeness (QED) is 0.648. The first-order valence-corrected chi connectivity index (χ1v) is 5.19. The lowest BCUT2D eigenvalue weighted by atomic mass is 10.1. The molecule has 0 aromatic rings. The highest BCUT2D eigenvalue weighted by molar-refractivity contribution is 5.40. The Morgan fingerprint density at radius 2 is 2.00 bits per heavy atom. The second kappa shape index (κ2) is 7.86. The Bertz CT molecular complexity index is 303. The van der Waals surface area contributed by atoms with E-state index in [2.05, 4.69) is 31.5 Å². The molecule has 0 aliphatic carbocycles. The topological polar surface area (TPSA) is 12.0 Å². The largest absolute Gasteiger partial charge is 0.394 e. The number of nitrogens with one attached hydrogen (secondary N) is 1. The summed E-state index contributed by atoms with van der Waals surface area (Å²) in [7, 11) is 1.88. The zero-order valence-corrected chi connectivity index (χ0v) is 10.0. The average Bonchev–Trinajstić information content (AvgIpc) is 2.24. The third-order valence-electron chi connectivity index (χ3n) is 2.02. The molecular weight excluding hydrogens is 182 g/mol. The van der Waals surface area contributed by atoms with Crippen LogP contribution in [0.4, 0.5) is 0 Å². The maximum Gasteiger partial charge on any atom is 0.00278 e. The fourth-order valence-electron chi connectivity index (χ4n) is 1.09. The highest BCUT2D eigenvalue weighted by atomic mass is 14.8. The zero-order valence-electron chi connectivity index (χ0n) is 10.0. The van der Waals surface area contributed by atoms with Gasteiger partial charge in [-0.3, -0.25) is 0 Å². The van der Waals surface area contributed by atoms with Crippen LogP contribution >= 0.6 is 0 Å². The number of rotatable bonds is 6. The fourth-order valence-corrected chi connectivity index (χ4v) is 1.09. The summed E-state index contributed by atoms with van der Waals surface area (Å²) in [5.41, 5.74) is 3.28. The van der Waals surface area contributed by atoms with Crippen molar-refractivity contribution in [2.45, 2.75) is 20.3 Å². The molecule has 1 heteroatoms. The third kappa shape index (κ3) is 5.74. The van der Waals surface area contributed by atoms with Crippen LogP contribution < -0.4 is 5.32 Å². The third-order valence-corrected chi connectivity index (χ3v) is 2.02. The molecule has 0 spiro atoms. The SMILES string of the molecule is C=CC(/C=C\C(=C)/C(C)=C/NC)=C/CC. The first-order valence-electron chi connectivity index (χ1n) is 5.19. The van der Waals surface area contributed by atoms with Crippen molar-refractivity contribution in [1.82, 2.24) is 5.32 Å². The van der Waals surface area contributed by atoms with Crippen LogP contribution in [0.25, 0.3) is 0 Å². The second-order valence-electron chi connectivity index (χ2n) is 3.29. The van der Waals surface area contributed by atoms with Gasteiger partial charge in [0.25, 0.3) is 0 Å². The predicted octanol–water partition coefficient (Wildman–Crippen LogP) is 3.74. The van der Waals surface area contributed by atoms with Crippen LogP contribution in [0.1, 0.15) is 20.3 Å². The molecule has 1 N–H and O–H groups in total. The summed E-state index contributed by atoms with van der Waals surface area (Å²) in [5, 5.41) is 2.98. The summed E-state index contributed by atoms with van der Waals surface area (Å²) >= 11 is 0. The standard InChI is InChI=1S/C14H21N/c1-6-8-14(7-2)10-9-12(3)13(4)11-15-5/h7-11,15H,2-3,6H2,1,4-5H3/b10-9-,13-11+,14-8-. The second-order valence-corrected chi connectivity index (χ2v) is 3.29. The van der Waals surface area contributed by atoms with Gasteiger partial charge in [-0.05, 0) is 36.3 Å². The highest BCUT2D eigenvalue weighted by Crippen LogP contribution is 2.09. The van der Waals surface area contributed by atoms with Gasteiger partial charge in [-0.25, -0.2) is 0 Å². The minimum Gasteiger partial charge on any atom is -0.394 e. The highest BCUT2D eigenvalue weighted by Gasteiger charge is 1.91. The molecule has 0 aromatic heterocycles. The Morgan fingerprint density at radius 3 is 2.47 bits per heavy atom. The molecule has 0 fully saturated rings. The summed E-state index contributed by atoms with van der Waals surface area (Å²) in [6.45, 7) is 11.9. The van der Waals surface area contributed by atoms with Crippen molar-refractivity contribution in [2.75, 3.05) is 7.05 Å². The molecule has 0 bridgehead atoms. The van der Waals surface area contributed by atoms with E-state index >= 15 is 0 Å². The summed E-state index contributed by atoms with van der Waals surface area (Å²) in [5.74, 6) is 0. The maximum absolute atomic E-state index is 3.98. The van der Waals surface area contributed by atoms with E-state index in [0.29, 0.717) is 0 Å². The molecule has 15 heavy (non-hydrogen) atoms. The van der Waals surface area contributed by atoms with Gasteiger partial charge in [0.1, 0.15) is 0 Å². The van der Waals surface area contributed by atoms with Crippen molar-refractivity contribution in [3.63, 3.8) is 0 Å². The van der Waals surface area contributed by atoms with Crippen molar-refractivity contribution in [2.24, 2.45) is 0 Å². The van der Waals surface area contributed by atoms with Gasteiger partial charge in [-0.1, -0.05) is 44.4 Å². The Labute approximate surface area is 93.6 Å². The first kappa shape index (κ1) is 13.5. The zero-order chi connectivity index (χ0) is 11.7. The monoisotopic (exact) mass is 203 g/mol. The van der Waals surface area contributed by atoms with Crippen molar-refractivity contribution in [3.8, 4) is 0 Å². The van der Waals surface area contributed by atoms with Gasteiger partial charge >= 0.3 is 0 Å². The number of hydrogen-bond acceptors (Lipinski definition) is 1. The lowest BCUT2D eigenvalue weighted by Gasteiger charge is -2.00. The lowest BCUT2D eigenvalue weighted by molar-refractivity contribution is 1.08. The Hall–Kier alpha value is -1.50. The Morgan fingerprint density at radius 1 is 1.33 bits per heavy atom. The van der Waals surface area contributed by atoms with Crippen LogP contribution in [-0.4, -0.2) is 7.05 Å². The molecule has 0 aliphatic heterocycles. The van der Waals surface area contributed by atoms with E-state index in [9.17, 15) is 0 Å². The van der Waals surface area contributed by atoms with Crippen molar-refractivity contribution < 1.29 is 0 Å². The van der Waals surface area contributed by atoms with Crippen LogP contribution in [0.5, 0.6) is 0 Å². The van der Waals surface area contributed by atoms with Crippen molar-refractivity contribution in [3.05, 3.63) is 60.4 Å². The van der Waals surface area contributed by atoms with Crippen molar-refractivity contribution in [1.29, 1.82) is 0 Å². The molecule has 0 amide bonds. The molecular formula is C14H21N. The van der Waals surface area contributed by atoms with Crippen molar-refractivity contribution >= 4 is 0 Å². The lowest BCUT2D eigenvalue weighted by Crippen LogP contribution is -1.95. The smallest absolute Gasteiger partial charge is 0.00278 e. The summed E-state index contributed by atoms with van der Waals surface area (Å²) in [6, 6.07) is 0. The molecule has 0 aliphatic rings. The average molecular weight is 203 g/mol. The van der Waals surface area contributed by atoms with E-state index in [-0.39, 0.29) is 0 Å². The van der Waals surface area contributed by atoms with Crippen LogP contribution in [0, 0.1) is 0 Å². The number of allylic oxidation sites excluding steroid dienone is 7. The molecule has 1 nitrogen and oxygen atoms in total. The van der Waals surface area contributed by atoms with E-state index in [0.717, 1.165) is 23.1 Å². The first-order chi connectivity index (χ1) is 7.15. The molecule has 0 atom stereocenters. The van der Waals surface area contributed by atoms with E-state index in [1.165, 1.54) is 0 Å². The summed E-state index contributed by atoms with van der Waals surface area (Å²) in [4.78, 5) is 0. The van der Waals surface area contributed by atoms with E-state index < -0.39 is 0 Å². The molecule has 82 valence electrons. The predicted molar refractivity (Wildman–Crippen MR) is 69.7 cm³/mol. The van der Waals surface area contributed by atoms with Gasteiger partial charge in [0, 0.05) is 7.05 Å². The van der Waals surface area contributed by atoms with E-state index in [1.54, 1.807) is 0 Å². The summed E-state index contributed by atoms with van der Waals surface area (Å²) < 4.78 is 0. The van der Waals surface area contributed by atoms with Gasteiger partial charge in [0.05, 0.1) is 0 Å². The molecule has 0 radical (unpaired) electrons. The van der Waals surface area contributed by atoms with E-state index in [1.807, 2.05) is 38.4 Å². The molecule has 0 aromatic carbocycles. The van der Waals surface area contributed by atoms with Crippen LogP contribution in [0.3, 0.4) is 0 Å². The normalized spacial score (nSPS) is 13.0. The molecule has 0 rings (SSSR count). The Balaban J connectivity index is 4.52. The molecule has 0 saturated heterocycles. The maximum atomic E-state index is 3.98. The Kier molecular flexibility index (Phi) is 7.08. The minimum atomic E-state index is 1.01. The van der Waals surface area contributed by atoms with E-state index in [4.69, 9.17) is 0 Å². The van der Waals surface area contributed by atoms with Gasteiger partial charge in [-0.2, -0.15) is 0 Å². The molecule has 0 saturated carbocycles. The minimum absolute atomic E-state index is 1.01. The van der Waals surface area contributed by atoms with Gasteiger partial charge < -0.3 is 5.32 Å². The van der Waals surface area contributed by atoms with Crippen LogP contribution in [-0.2, 0) is 0 Å². The fraction of sp³-hybridized carbons (Fsp3) is 0.286. The van der Waals surface area contributed by atoms with Gasteiger partial charge in [0.15, 0.2) is 0 Å². The number of hydrogen-bond donors (Lipinski definition) is 1. The van der Waals surface area contributed by atoms with Crippen LogP contribution in [0.2, 0.25) is 0 Å². The van der Waals surface area contributed by atoms with Crippen LogP contribution in [0.15, 0.2) is 60.4 Å². The molecule has 0 heterocycles. The van der Waals surface area contributed by atoms with Gasteiger partial charge in [-0.15, -0.1) is 0 Å². The van der Waals surface area contributed by atoms with Gasteiger partial charge in [0.2, 0.25) is 0 Å². The summed E-state index contributed by atoms with van der Waals surface area (Å²) in [6.07, 6.45) is 11.0.